The molecule has 172 valence electrons. The van der Waals surface area contributed by atoms with Gasteiger partial charge in [0.2, 0.25) is 0 Å². The van der Waals surface area contributed by atoms with Crippen LogP contribution in [0.1, 0.15) is 43.7 Å². The van der Waals surface area contributed by atoms with Gasteiger partial charge in [0.15, 0.2) is 0 Å². The van der Waals surface area contributed by atoms with E-state index >= 15 is 0 Å². The molecule has 3 rings (SSSR count). The van der Waals surface area contributed by atoms with Gasteiger partial charge in [-0.05, 0) is 30.4 Å². The van der Waals surface area contributed by atoms with Crippen LogP contribution in [0.4, 0.5) is 0 Å². The lowest BCUT2D eigenvalue weighted by molar-refractivity contribution is -0.122. The molecule has 1 heterocycles. The molecule has 0 aromatic heterocycles. The van der Waals surface area contributed by atoms with Crippen LogP contribution in [-0.2, 0) is 10.2 Å². The van der Waals surface area contributed by atoms with Crippen LogP contribution in [0.2, 0.25) is 0 Å². The zero-order chi connectivity index (χ0) is 23.5. The summed E-state index contributed by atoms with van der Waals surface area (Å²) in [6.45, 7) is 4.05. The number of hydrogen-bond acceptors (Lipinski definition) is 5. The molecule has 1 saturated heterocycles. The number of aliphatic hydroxyl groups is 2. The molecule has 2 aromatic rings. The van der Waals surface area contributed by atoms with Crippen molar-refractivity contribution in [2.45, 2.75) is 44.1 Å². The van der Waals surface area contributed by atoms with E-state index in [9.17, 15) is 15.5 Å². The number of rotatable bonds is 8. The molecule has 0 spiro atoms. The van der Waals surface area contributed by atoms with Crippen molar-refractivity contribution < 1.29 is 20.1 Å². The van der Waals surface area contributed by atoms with Crippen molar-refractivity contribution in [3.63, 3.8) is 0 Å². The summed E-state index contributed by atoms with van der Waals surface area (Å²) in [5, 5.41) is 37.8. The molecule has 2 atom stereocenters. The molecule has 1 fully saturated rings. The Bertz CT molecular complexity index is 814. The Morgan fingerprint density at radius 3 is 2.12 bits per heavy atom. The normalized spacial score (nSPS) is 21.1. The van der Waals surface area contributed by atoms with Gasteiger partial charge in [-0.3, -0.25) is 4.79 Å². The molecule has 6 heteroatoms. The Morgan fingerprint density at radius 2 is 1.69 bits per heavy atom. The number of benzene rings is 2. The molecule has 0 unspecified atom stereocenters. The van der Waals surface area contributed by atoms with E-state index in [2.05, 4.69) is 17.9 Å². The zero-order valence-corrected chi connectivity index (χ0v) is 18.7. The number of piperidine rings is 1. The van der Waals surface area contributed by atoms with Crippen LogP contribution < -0.4 is 0 Å². The van der Waals surface area contributed by atoms with Crippen molar-refractivity contribution in [3.8, 4) is 6.07 Å². The molecule has 32 heavy (non-hydrogen) atoms. The molecule has 0 radical (unpaired) electrons. The Kier molecular flexibility index (Phi) is 9.86. The summed E-state index contributed by atoms with van der Waals surface area (Å²) in [5.74, 6) is 0. The number of nitriles is 1. The fourth-order valence-electron chi connectivity index (χ4n) is 4.82. The Balaban J connectivity index is 0.00000114. The third-order valence-electron chi connectivity index (χ3n) is 6.55. The first-order chi connectivity index (χ1) is 15.5. The summed E-state index contributed by atoms with van der Waals surface area (Å²) in [5.41, 5.74) is 0.841. The monoisotopic (exact) mass is 438 g/mol. The van der Waals surface area contributed by atoms with E-state index in [0.717, 1.165) is 37.1 Å². The van der Waals surface area contributed by atoms with Gasteiger partial charge in [0.05, 0.1) is 18.8 Å². The average molecular weight is 439 g/mol. The predicted molar refractivity (Wildman–Crippen MR) is 124 cm³/mol. The number of nitrogens with zero attached hydrogens (tertiary/aromatic N) is 2. The second-order valence-electron chi connectivity index (χ2n) is 8.46. The van der Waals surface area contributed by atoms with Crippen molar-refractivity contribution in [3.05, 3.63) is 71.8 Å². The number of hydrogen-bond donors (Lipinski definition) is 3. The molecule has 1 aliphatic rings. The van der Waals surface area contributed by atoms with Crippen LogP contribution in [-0.4, -0.2) is 59.0 Å². The van der Waals surface area contributed by atoms with Gasteiger partial charge < -0.3 is 20.2 Å². The van der Waals surface area contributed by atoms with Gasteiger partial charge in [0, 0.05) is 25.0 Å². The second kappa shape index (κ2) is 12.4. The molecular weight excluding hydrogens is 404 g/mol. The van der Waals surface area contributed by atoms with Gasteiger partial charge in [-0.25, -0.2) is 0 Å². The molecule has 2 aromatic carbocycles. The van der Waals surface area contributed by atoms with Crippen LogP contribution in [0.15, 0.2) is 60.7 Å². The molecule has 1 aliphatic heterocycles. The maximum Gasteiger partial charge on any atom is 0.290 e. The molecule has 0 amide bonds. The SMILES string of the molecule is CCC[C@@]1(CO)CN(CCC(C#N)(c2ccccc2)c2ccccc2)CC[C@H]1O.O=CO. The van der Waals surface area contributed by atoms with E-state index in [1.165, 1.54) is 0 Å². The molecule has 0 bridgehead atoms. The third-order valence-corrected chi connectivity index (χ3v) is 6.55. The zero-order valence-electron chi connectivity index (χ0n) is 18.7. The van der Waals surface area contributed by atoms with Gasteiger partial charge in [-0.15, -0.1) is 0 Å². The van der Waals surface area contributed by atoms with Crippen molar-refractivity contribution in [2.24, 2.45) is 5.41 Å². The van der Waals surface area contributed by atoms with Crippen molar-refractivity contribution in [1.29, 1.82) is 5.26 Å². The molecule has 6 nitrogen and oxygen atoms in total. The maximum absolute atomic E-state index is 10.6. The fraction of sp³-hybridized carbons (Fsp3) is 0.462. The Labute approximate surface area is 190 Å². The highest BCUT2D eigenvalue weighted by atomic mass is 16.3. The summed E-state index contributed by atoms with van der Waals surface area (Å²) < 4.78 is 0. The quantitative estimate of drug-likeness (QED) is 0.546. The Hall–Kier alpha value is -2.72. The summed E-state index contributed by atoms with van der Waals surface area (Å²) in [4.78, 5) is 10.7. The minimum absolute atomic E-state index is 0.000724. The predicted octanol–water partition coefficient (Wildman–Crippen LogP) is 3.43. The van der Waals surface area contributed by atoms with Crippen molar-refractivity contribution in [1.82, 2.24) is 4.90 Å². The minimum Gasteiger partial charge on any atom is -0.483 e. The van der Waals surface area contributed by atoms with Crippen LogP contribution in [0, 0.1) is 16.7 Å². The number of aliphatic hydroxyl groups excluding tert-OH is 2. The lowest BCUT2D eigenvalue weighted by Gasteiger charge is -2.46. The van der Waals surface area contributed by atoms with E-state index in [-0.39, 0.29) is 13.1 Å². The van der Waals surface area contributed by atoms with E-state index in [4.69, 9.17) is 9.90 Å². The highest BCUT2D eigenvalue weighted by molar-refractivity contribution is 5.45. The second-order valence-corrected chi connectivity index (χ2v) is 8.46. The van der Waals surface area contributed by atoms with Crippen molar-refractivity contribution >= 4 is 6.47 Å². The molecule has 0 saturated carbocycles. The first kappa shape index (κ1) is 25.5. The molecule has 0 aliphatic carbocycles. The standard InChI is InChI=1S/C25H32N2O2.CH2O2/c1-2-14-24(20-28)19-27(16-13-23(24)29)17-15-25(18-26,21-9-5-3-6-10-21)22-11-7-4-8-12-22;2-1-3/h3-12,23,28-29H,2,13-17,19-20H2,1H3;1H,(H,2,3)/t23-,24+;/m1./s1. The van der Waals surface area contributed by atoms with Gasteiger partial charge in [0.25, 0.3) is 6.47 Å². The number of carbonyl (C=O) groups is 1. The van der Waals surface area contributed by atoms with Crippen LogP contribution in [0.3, 0.4) is 0 Å². The first-order valence-electron chi connectivity index (χ1n) is 11.1. The summed E-state index contributed by atoms with van der Waals surface area (Å²) in [6, 6.07) is 22.7. The van der Waals surface area contributed by atoms with Crippen molar-refractivity contribution in [2.75, 3.05) is 26.2 Å². The van der Waals surface area contributed by atoms with Gasteiger partial charge in [-0.1, -0.05) is 74.0 Å². The maximum atomic E-state index is 10.6. The average Bonchev–Trinajstić information content (AvgIpc) is 2.84. The summed E-state index contributed by atoms with van der Waals surface area (Å²) >= 11 is 0. The molecular formula is C26H34N2O4. The van der Waals surface area contributed by atoms with Crippen LogP contribution >= 0.6 is 0 Å². The lowest BCUT2D eigenvalue weighted by atomic mass is 9.72. The van der Waals surface area contributed by atoms with Crippen LogP contribution in [0.25, 0.3) is 0 Å². The van der Waals surface area contributed by atoms with E-state index in [1.807, 2.05) is 60.7 Å². The minimum atomic E-state index is -0.717. The topological polar surface area (TPSA) is 105 Å². The Morgan fingerprint density at radius 1 is 1.16 bits per heavy atom. The third kappa shape index (κ3) is 5.74. The van der Waals surface area contributed by atoms with Gasteiger partial charge >= 0.3 is 0 Å². The molecule has 3 N–H and O–H groups in total. The number of carboxylic acid groups (broad SMARTS) is 1. The highest BCUT2D eigenvalue weighted by Crippen LogP contribution is 2.38. The number of likely N-dealkylation sites (tertiary alicyclic amines) is 1. The summed E-state index contributed by atoms with van der Waals surface area (Å²) in [7, 11) is 0. The largest absolute Gasteiger partial charge is 0.483 e. The van der Waals surface area contributed by atoms with Crippen LogP contribution in [0.5, 0.6) is 0 Å². The van der Waals surface area contributed by atoms with E-state index in [1.54, 1.807) is 0 Å². The fourth-order valence-corrected chi connectivity index (χ4v) is 4.82. The van der Waals surface area contributed by atoms with Gasteiger partial charge in [-0.2, -0.15) is 5.26 Å². The van der Waals surface area contributed by atoms with E-state index in [0.29, 0.717) is 19.4 Å². The first-order valence-corrected chi connectivity index (χ1v) is 11.1. The smallest absolute Gasteiger partial charge is 0.290 e. The lowest BCUT2D eigenvalue weighted by Crippen LogP contribution is -2.54. The van der Waals surface area contributed by atoms with Gasteiger partial charge in [0.1, 0.15) is 5.41 Å². The highest BCUT2D eigenvalue weighted by Gasteiger charge is 2.42. The van der Waals surface area contributed by atoms with E-state index < -0.39 is 16.9 Å². The summed E-state index contributed by atoms with van der Waals surface area (Å²) in [6.07, 6.45) is 2.61.